The lowest BCUT2D eigenvalue weighted by Gasteiger charge is -2.38. The Labute approximate surface area is 217 Å². The second-order valence-electron chi connectivity index (χ2n) is 9.25. The third-order valence-corrected chi connectivity index (χ3v) is 6.97. The molecular formula is C27H33N7O3. The first-order chi connectivity index (χ1) is 18.1. The second-order valence-corrected chi connectivity index (χ2v) is 9.25. The van der Waals surface area contributed by atoms with Crippen LogP contribution in [-0.2, 0) is 6.54 Å². The van der Waals surface area contributed by atoms with Crippen LogP contribution in [0.3, 0.4) is 0 Å². The van der Waals surface area contributed by atoms with Crippen molar-refractivity contribution in [2.75, 3.05) is 73.7 Å². The summed E-state index contributed by atoms with van der Waals surface area (Å²) in [5.41, 5.74) is 2.33. The number of para-hydroxylation sites is 2. The predicted molar refractivity (Wildman–Crippen MR) is 145 cm³/mol. The fourth-order valence-corrected chi connectivity index (χ4v) is 5.10. The molecule has 0 aliphatic carbocycles. The van der Waals surface area contributed by atoms with Crippen LogP contribution < -0.4 is 19.4 Å². The molecule has 0 saturated carbocycles. The molecule has 0 atom stereocenters. The number of rotatable bonds is 8. The number of aromatic nitrogens is 2. The fraction of sp³-hybridized carbons (Fsp3) is 0.407. The Kier molecular flexibility index (Phi) is 7.65. The third kappa shape index (κ3) is 5.59. The topological polar surface area (TPSA) is 91.1 Å². The van der Waals surface area contributed by atoms with Gasteiger partial charge in [0.15, 0.2) is 0 Å². The summed E-state index contributed by atoms with van der Waals surface area (Å²) in [4.78, 5) is 29.4. The zero-order valence-corrected chi connectivity index (χ0v) is 21.2. The van der Waals surface area contributed by atoms with E-state index in [0.29, 0.717) is 44.4 Å². The van der Waals surface area contributed by atoms with Gasteiger partial charge < -0.3 is 19.4 Å². The van der Waals surface area contributed by atoms with E-state index in [1.54, 1.807) is 0 Å². The number of hydrogen-bond acceptors (Lipinski definition) is 9. The lowest BCUT2D eigenvalue weighted by Crippen LogP contribution is -2.48. The van der Waals surface area contributed by atoms with Crippen LogP contribution in [0.1, 0.15) is 12.5 Å². The molecular weight excluding hydrogens is 470 g/mol. The van der Waals surface area contributed by atoms with Gasteiger partial charge in [0.25, 0.3) is 0 Å². The maximum Gasteiger partial charge on any atom is 0.353 e. The maximum atomic E-state index is 12.3. The molecule has 0 spiro atoms. The summed E-state index contributed by atoms with van der Waals surface area (Å²) in [5, 5.41) is 12.3. The van der Waals surface area contributed by atoms with Gasteiger partial charge in [0, 0.05) is 58.9 Å². The Morgan fingerprint density at radius 3 is 2.00 bits per heavy atom. The standard InChI is InChI=1S/C27H33N7O3/c1-2-37-24-11-7-6-10-23(24)31-16-18-33(19-17-31)27-25(34(35)36)26(28-21-29-27)32-14-12-30(13-15-32)20-22-8-4-3-5-9-22/h3-11,21H,2,12-20H2,1H3. The van der Waals surface area contributed by atoms with Gasteiger partial charge in [0.05, 0.1) is 17.2 Å². The van der Waals surface area contributed by atoms with Crippen LogP contribution in [0.2, 0.25) is 0 Å². The molecule has 0 amide bonds. The van der Waals surface area contributed by atoms with E-state index < -0.39 is 0 Å². The number of hydrogen-bond donors (Lipinski definition) is 0. The molecule has 2 aliphatic rings. The van der Waals surface area contributed by atoms with E-state index in [9.17, 15) is 10.1 Å². The highest BCUT2D eigenvalue weighted by atomic mass is 16.6. The van der Waals surface area contributed by atoms with Gasteiger partial charge in [-0.15, -0.1) is 0 Å². The largest absolute Gasteiger partial charge is 0.492 e. The summed E-state index contributed by atoms with van der Waals surface area (Å²) >= 11 is 0. The molecule has 0 radical (unpaired) electrons. The molecule has 0 unspecified atom stereocenters. The molecule has 10 nitrogen and oxygen atoms in total. The highest BCUT2D eigenvalue weighted by molar-refractivity contribution is 5.72. The van der Waals surface area contributed by atoms with Crippen LogP contribution >= 0.6 is 0 Å². The van der Waals surface area contributed by atoms with Crippen LogP contribution in [0.5, 0.6) is 5.75 Å². The van der Waals surface area contributed by atoms with Crippen molar-refractivity contribution >= 4 is 23.0 Å². The normalized spacial score (nSPS) is 16.6. The monoisotopic (exact) mass is 503 g/mol. The minimum absolute atomic E-state index is 0.00201. The Balaban J connectivity index is 1.28. The average molecular weight is 504 g/mol. The highest BCUT2D eigenvalue weighted by Gasteiger charge is 2.33. The summed E-state index contributed by atoms with van der Waals surface area (Å²) in [6.07, 6.45) is 1.46. The molecule has 3 heterocycles. The van der Waals surface area contributed by atoms with Crippen LogP contribution in [0.4, 0.5) is 23.0 Å². The van der Waals surface area contributed by atoms with E-state index in [0.717, 1.165) is 44.2 Å². The van der Waals surface area contributed by atoms with Crippen molar-refractivity contribution in [3.63, 3.8) is 0 Å². The van der Waals surface area contributed by atoms with Crippen molar-refractivity contribution in [1.82, 2.24) is 14.9 Å². The Hall–Kier alpha value is -3.92. The van der Waals surface area contributed by atoms with Crippen molar-refractivity contribution in [1.29, 1.82) is 0 Å². The third-order valence-electron chi connectivity index (χ3n) is 6.97. The highest BCUT2D eigenvalue weighted by Crippen LogP contribution is 2.36. The predicted octanol–water partition coefficient (Wildman–Crippen LogP) is 3.43. The van der Waals surface area contributed by atoms with Crippen LogP contribution in [0, 0.1) is 10.1 Å². The van der Waals surface area contributed by atoms with Gasteiger partial charge >= 0.3 is 5.69 Å². The molecule has 2 aliphatic heterocycles. The van der Waals surface area contributed by atoms with Gasteiger partial charge in [-0.1, -0.05) is 42.5 Å². The second kappa shape index (κ2) is 11.4. The van der Waals surface area contributed by atoms with E-state index in [1.165, 1.54) is 11.9 Å². The first-order valence-electron chi connectivity index (χ1n) is 12.9. The smallest absolute Gasteiger partial charge is 0.353 e. The minimum atomic E-state index is -0.322. The molecule has 0 bridgehead atoms. The molecule has 1 aromatic heterocycles. The molecule has 10 heteroatoms. The Morgan fingerprint density at radius 2 is 1.38 bits per heavy atom. The van der Waals surface area contributed by atoms with Crippen LogP contribution in [-0.4, -0.2) is 78.8 Å². The molecule has 5 rings (SSSR count). The minimum Gasteiger partial charge on any atom is -0.492 e. The molecule has 0 N–H and O–H groups in total. The lowest BCUT2D eigenvalue weighted by atomic mass is 10.2. The number of nitrogens with zero attached hydrogens (tertiary/aromatic N) is 7. The lowest BCUT2D eigenvalue weighted by molar-refractivity contribution is -0.383. The molecule has 3 aromatic rings. The van der Waals surface area contributed by atoms with Gasteiger partial charge in [-0.2, -0.15) is 0 Å². The van der Waals surface area contributed by atoms with Gasteiger partial charge in [0.2, 0.25) is 11.6 Å². The van der Waals surface area contributed by atoms with Gasteiger partial charge in [0.1, 0.15) is 12.1 Å². The zero-order valence-electron chi connectivity index (χ0n) is 21.2. The first kappa shape index (κ1) is 24.8. The summed E-state index contributed by atoms with van der Waals surface area (Å²) < 4.78 is 5.80. The van der Waals surface area contributed by atoms with E-state index in [4.69, 9.17) is 4.74 Å². The number of anilines is 3. The zero-order chi connectivity index (χ0) is 25.6. The average Bonchev–Trinajstić information content (AvgIpc) is 2.94. The van der Waals surface area contributed by atoms with Gasteiger partial charge in [-0.25, -0.2) is 9.97 Å². The van der Waals surface area contributed by atoms with Crippen LogP contribution in [0.25, 0.3) is 0 Å². The Bertz CT molecular complexity index is 1190. The van der Waals surface area contributed by atoms with Crippen molar-refractivity contribution in [2.24, 2.45) is 0 Å². The summed E-state index contributed by atoms with van der Waals surface area (Å²) in [5.74, 6) is 1.68. The van der Waals surface area contributed by atoms with Crippen molar-refractivity contribution in [3.05, 3.63) is 76.6 Å². The van der Waals surface area contributed by atoms with E-state index in [1.807, 2.05) is 41.0 Å². The fourth-order valence-electron chi connectivity index (χ4n) is 5.10. The number of nitro groups is 1. The number of benzene rings is 2. The molecule has 37 heavy (non-hydrogen) atoms. The van der Waals surface area contributed by atoms with Gasteiger partial charge in [-0.05, 0) is 24.6 Å². The maximum absolute atomic E-state index is 12.3. The number of ether oxygens (including phenoxy) is 1. The SMILES string of the molecule is CCOc1ccccc1N1CCN(c2ncnc(N3CCN(Cc4ccccc4)CC3)c2[N+](=O)[O-])CC1. The Morgan fingerprint density at radius 1 is 0.811 bits per heavy atom. The molecule has 194 valence electrons. The molecule has 2 saturated heterocycles. The van der Waals surface area contributed by atoms with E-state index >= 15 is 0 Å². The van der Waals surface area contributed by atoms with Crippen molar-refractivity contribution < 1.29 is 9.66 Å². The van der Waals surface area contributed by atoms with Crippen LogP contribution in [0.15, 0.2) is 60.9 Å². The van der Waals surface area contributed by atoms with E-state index in [2.05, 4.69) is 50.1 Å². The summed E-state index contributed by atoms with van der Waals surface area (Å²) in [6.45, 7) is 9.17. The van der Waals surface area contributed by atoms with Crippen molar-refractivity contribution in [2.45, 2.75) is 13.5 Å². The molecule has 2 aromatic carbocycles. The summed E-state index contributed by atoms with van der Waals surface area (Å²) in [7, 11) is 0. The number of piperazine rings is 2. The summed E-state index contributed by atoms with van der Waals surface area (Å²) in [6, 6.07) is 18.4. The van der Waals surface area contributed by atoms with Gasteiger partial charge in [-0.3, -0.25) is 15.0 Å². The first-order valence-corrected chi connectivity index (χ1v) is 12.9. The molecule has 2 fully saturated rings. The van der Waals surface area contributed by atoms with Crippen molar-refractivity contribution in [3.8, 4) is 5.75 Å². The van der Waals surface area contributed by atoms with E-state index in [-0.39, 0.29) is 10.6 Å². The quantitative estimate of drug-likeness (QED) is 0.339.